The topological polar surface area (TPSA) is 60.2 Å². The largest absolute Gasteiger partial charge is 0.300 e. The summed E-state index contributed by atoms with van der Waals surface area (Å²) in [6, 6.07) is 27.3. The Morgan fingerprint density at radius 2 is 1.50 bits per heavy atom. The van der Waals surface area contributed by atoms with E-state index in [4.69, 9.17) is 10.1 Å². The lowest BCUT2D eigenvalue weighted by atomic mass is 10.1. The molecule has 0 saturated carbocycles. The highest BCUT2D eigenvalue weighted by atomic mass is 32.2. The zero-order valence-electron chi connectivity index (χ0n) is 16.3. The molecule has 0 bridgehead atoms. The maximum absolute atomic E-state index is 12.8. The van der Waals surface area contributed by atoms with Gasteiger partial charge < -0.3 is 0 Å². The molecule has 2 aromatic heterocycles. The van der Waals surface area contributed by atoms with Crippen LogP contribution in [0.4, 0.5) is 0 Å². The summed E-state index contributed by atoms with van der Waals surface area (Å²) in [6.07, 6.45) is 0. The predicted octanol–water partition coefficient (Wildman–Crippen LogP) is 5.16. The van der Waals surface area contributed by atoms with E-state index < -0.39 is 0 Å². The van der Waals surface area contributed by atoms with Crippen LogP contribution in [-0.2, 0) is 0 Å². The molecule has 146 valence electrons. The number of hydrogen-bond donors (Lipinski definition) is 0. The molecule has 6 heteroatoms. The summed E-state index contributed by atoms with van der Waals surface area (Å²) < 4.78 is 1.73. The summed E-state index contributed by atoms with van der Waals surface area (Å²) >= 11 is 1.70. The first-order valence-electron chi connectivity index (χ1n) is 9.67. The van der Waals surface area contributed by atoms with Gasteiger partial charge in [0.1, 0.15) is 5.82 Å². The molecule has 1 atom stereocenters. The summed E-state index contributed by atoms with van der Waals surface area (Å²) in [6.45, 7) is 2.09. The van der Waals surface area contributed by atoms with Crippen LogP contribution in [0.3, 0.4) is 0 Å². The van der Waals surface area contributed by atoms with Crippen LogP contribution in [0.5, 0.6) is 0 Å². The quantitative estimate of drug-likeness (QED) is 0.303. The number of rotatable bonds is 4. The van der Waals surface area contributed by atoms with Crippen molar-refractivity contribution in [3.8, 4) is 11.3 Å². The van der Waals surface area contributed by atoms with Gasteiger partial charge in [0.2, 0.25) is 0 Å². The molecule has 0 aliphatic carbocycles. The molecule has 5 rings (SSSR count). The second-order valence-electron chi connectivity index (χ2n) is 6.93. The van der Waals surface area contributed by atoms with Gasteiger partial charge in [0.05, 0.1) is 10.8 Å². The van der Waals surface area contributed by atoms with Gasteiger partial charge in [-0.3, -0.25) is 4.79 Å². The molecular weight excluding hydrogens is 392 g/mol. The first-order chi connectivity index (χ1) is 14.7. The van der Waals surface area contributed by atoms with Crippen LogP contribution in [0.15, 0.2) is 94.6 Å². The Morgan fingerprint density at radius 1 is 0.833 bits per heavy atom. The predicted molar refractivity (Wildman–Crippen MR) is 121 cm³/mol. The molecule has 0 spiro atoms. The van der Waals surface area contributed by atoms with Crippen molar-refractivity contribution in [1.29, 1.82) is 0 Å². The smallest absolute Gasteiger partial charge is 0.265 e. The van der Waals surface area contributed by atoms with E-state index in [-0.39, 0.29) is 10.8 Å². The molecule has 0 amide bonds. The van der Waals surface area contributed by atoms with Crippen molar-refractivity contribution in [3.05, 3.63) is 101 Å². The highest BCUT2D eigenvalue weighted by Gasteiger charge is 2.19. The summed E-state index contributed by atoms with van der Waals surface area (Å²) in [7, 11) is 0. The molecule has 2 heterocycles. The van der Waals surface area contributed by atoms with Crippen LogP contribution >= 0.6 is 11.8 Å². The van der Waals surface area contributed by atoms with Gasteiger partial charge in [-0.1, -0.05) is 60.7 Å². The molecule has 5 aromatic rings. The van der Waals surface area contributed by atoms with Gasteiger partial charge in [-0.15, -0.1) is 11.8 Å². The Balaban J connectivity index is 1.76. The Labute approximate surface area is 177 Å². The Kier molecular flexibility index (Phi) is 4.77. The maximum atomic E-state index is 12.8. The van der Waals surface area contributed by atoms with E-state index in [1.807, 2.05) is 72.8 Å². The Hall–Kier alpha value is -3.51. The van der Waals surface area contributed by atoms with Crippen molar-refractivity contribution in [2.45, 2.75) is 17.1 Å². The minimum Gasteiger partial charge on any atom is -0.265 e. The van der Waals surface area contributed by atoms with Crippen molar-refractivity contribution in [1.82, 2.24) is 19.6 Å². The molecule has 1 unspecified atom stereocenters. The molecule has 0 fully saturated rings. The van der Waals surface area contributed by atoms with Gasteiger partial charge in [-0.2, -0.15) is 14.6 Å². The lowest BCUT2D eigenvalue weighted by Gasteiger charge is -2.16. The molecular formula is C24H18N4OS. The standard InChI is InChI=1S/C24H18N4OS/c1-16(30-18-12-6-3-7-13-18)22-25-20-15-9-8-14-19(20)23-26-24(29)21(27-28(22)23)17-10-4-2-5-11-17/h2-16H,1H3. The fraction of sp³-hybridized carbons (Fsp3) is 0.0833. The van der Waals surface area contributed by atoms with E-state index in [1.165, 1.54) is 0 Å². The second kappa shape index (κ2) is 7.72. The highest BCUT2D eigenvalue weighted by molar-refractivity contribution is 7.99. The summed E-state index contributed by atoms with van der Waals surface area (Å²) in [5, 5.41) is 5.53. The number of benzene rings is 3. The highest BCUT2D eigenvalue weighted by Crippen LogP contribution is 2.34. The first-order valence-corrected chi connectivity index (χ1v) is 10.6. The Bertz CT molecular complexity index is 1400. The van der Waals surface area contributed by atoms with Crippen LogP contribution in [0.25, 0.3) is 27.8 Å². The van der Waals surface area contributed by atoms with Crippen LogP contribution in [0.1, 0.15) is 18.0 Å². The monoisotopic (exact) mass is 410 g/mol. The van der Waals surface area contributed by atoms with Crippen molar-refractivity contribution in [3.63, 3.8) is 0 Å². The van der Waals surface area contributed by atoms with Crippen LogP contribution in [-0.4, -0.2) is 19.6 Å². The van der Waals surface area contributed by atoms with Crippen molar-refractivity contribution < 1.29 is 0 Å². The second-order valence-corrected chi connectivity index (χ2v) is 8.34. The summed E-state index contributed by atoms with van der Waals surface area (Å²) in [4.78, 5) is 23.3. The van der Waals surface area contributed by atoms with Gasteiger partial charge in [-0.05, 0) is 31.2 Å². The van der Waals surface area contributed by atoms with Crippen LogP contribution < -0.4 is 5.56 Å². The molecule has 3 aromatic carbocycles. The van der Waals surface area contributed by atoms with Crippen molar-refractivity contribution >= 4 is 28.3 Å². The maximum Gasteiger partial charge on any atom is 0.300 e. The third kappa shape index (κ3) is 3.35. The van der Waals surface area contributed by atoms with Crippen LogP contribution in [0.2, 0.25) is 0 Å². The normalized spacial score (nSPS) is 12.3. The zero-order chi connectivity index (χ0) is 20.5. The molecule has 0 radical (unpaired) electrons. The van der Waals surface area contributed by atoms with Gasteiger partial charge >= 0.3 is 0 Å². The molecule has 0 aliphatic rings. The SMILES string of the molecule is CC(Sc1ccccc1)c1nc2ccccc2c2nc(=O)c(-c3ccccc3)nn12. The number of thioether (sulfide) groups is 1. The number of hydrogen-bond acceptors (Lipinski definition) is 5. The zero-order valence-corrected chi connectivity index (χ0v) is 17.1. The molecule has 0 saturated heterocycles. The number of nitrogens with zero attached hydrogens (tertiary/aromatic N) is 4. The van der Waals surface area contributed by atoms with E-state index in [2.05, 4.69) is 24.0 Å². The Morgan fingerprint density at radius 3 is 2.27 bits per heavy atom. The van der Waals surface area contributed by atoms with Crippen molar-refractivity contribution in [2.75, 3.05) is 0 Å². The lowest BCUT2D eigenvalue weighted by molar-refractivity contribution is 0.780. The van der Waals surface area contributed by atoms with E-state index in [0.29, 0.717) is 11.3 Å². The van der Waals surface area contributed by atoms with Gasteiger partial charge in [0.15, 0.2) is 11.3 Å². The number of fused-ring (bicyclic) bond motifs is 3. The molecule has 30 heavy (non-hydrogen) atoms. The molecule has 0 aliphatic heterocycles. The van der Waals surface area contributed by atoms with Crippen molar-refractivity contribution in [2.24, 2.45) is 0 Å². The molecule has 5 nitrogen and oxygen atoms in total. The molecule has 0 N–H and O–H groups in total. The third-order valence-electron chi connectivity index (χ3n) is 4.87. The van der Waals surface area contributed by atoms with Crippen LogP contribution in [0, 0.1) is 0 Å². The van der Waals surface area contributed by atoms with Gasteiger partial charge in [0.25, 0.3) is 5.56 Å². The summed E-state index contributed by atoms with van der Waals surface area (Å²) in [5.41, 5.74) is 2.05. The number of aromatic nitrogens is 4. The number of para-hydroxylation sites is 1. The fourth-order valence-corrected chi connectivity index (χ4v) is 4.43. The third-order valence-corrected chi connectivity index (χ3v) is 5.98. The van der Waals surface area contributed by atoms with Gasteiger partial charge in [-0.25, -0.2) is 4.98 Å². The van der Waals surface area contributed by atoms with Gasteiger partial charge in [0, 0.05) is 15.8 Å². The van der Waals surface area contributed by atoms with E-state index in [1.54, 1.807) is 16.3 Å². The fourth-order valence-electron chi connectivity index (χ4n) is 3.45. The van der Waals surface area contributed by atoms with E-state index >= 15 is 0 Å². The minimum atomic E-state index is -0.341. The van der Waals surface area contributed by atoms with E-state index in [9.17, 15) is 4.79 Å². The van der Waals surface area contributed by atoms with E-state index in [0.717, 1.165) is 27.2 Å². The lowest BCUT2D eigenvalue weighted by Crippen LogP contribution is -2.19. The minimum absolute atomic E-state index is 0.0000634. The summed E-state index contributed by atoms with van der Waals surface area (Å²) in [5.74, 6) is 0.752. The average Bonchev–Trinajstić information content (AvgIpc) is 2.79. The average molecular weight is 411 g/mol. The first kappa shape index (κ1) is 18.5.